The second-order valence-electron chi connectivity index (χ2n) is 6.03. The average Bonchev–Trinajstić information content (AvgIpc) is 2.63. The number of rotatable bonds is 11. The number of amides is 1. The van der Waals surface area contributed by atoms with E-state index < -0.39 is 0 Å². The van der Waals surface area contributed by atoms with Crippen molar-refractivity contribution in [1.29, 1.82) is 0 Å². The van der Waals surface area contributed by atoms with Crippen LogP contribution in [0.3, 0.4) is 0 Å². The minimum absolute atomic E-state index is 0.0985. The van der Waals surface area contributed by atoms with Crippen molar-refractivity contribution in [2.45, 2.75) is 25.5 Å². The Morgan fingerprint density at radius 2 is 1.76 bits per heavy atom. The summed E-state index contributed by atoms with van der Waals surface area (Å²) in [6.07, 6.45) is 1.78. The number of thioether (sulfide) groups is 1. The van der Waals surface area contributed by atoms with Crippen molar-refractivity contribution in [3.63, 3.8) is 0 Å². The molecule has 0 saturated heterocycles. The summed E-state index contributed by atoms with van der Waals surface area (Å²) < 4.78 is 5.61. The molecule has 134 valence electrons. The van der Waals surface area contributed by atoms with Crippen molar-refractivity contribution in [3.8, 4) is 0 Å². The van der Waals surface area contributed by atoms with Crippen LogP contribution < -0.4 is 5.32 Å². The second-order valence-corrected chi connectivity index (χ2v) is 7.02. The first-order valence-electron chi connectivity index (χ1n) is 8.76. The third kappa shape index (κ3) is 8.75. The fraction of sp³-hybridized carbons (Fsp3) is 0.381. The van der Waals surface area contributed by atoms with Crippen LogP contribution in [0.5, 0.6) is 0 Å². The third-order valence-electron chi connectivity index (χ3n) is 3.79. The van der Waals surface area contributed by atoms with Gasteiger partial charge >= 0.3 is 0 Å². The first kappa shape index (κ1) is 19.5. The molecule has 3 nitrogen and oxygen atoms in total. The normalized spacial score (nSPS) is 10.6. The van der Waals surface area contributed by atoms with Crippen LogP contribution in [0.2, 0.25) is 0 Å². The summed E-state index contributed by atoms with van der Waals surface area (Å²) in [4.78, 5) is 11.8. The molecule has 0 bridgehead atoms. The molecule has 0 atom stereocenters. The SMILES string of the molecule is Cc1ccc(CSCC(=O)NCCCOCCc2ccccc2)cc1. The van der Waals surface area contributed by atoms with E-state index in [4.69, 9.17) is 4.74 Å². The maximum atomic E-state index is 11.8. The molecule has 0 aromatic heterocycles. The Kier molecular flexibility index (Phi) is 9.16. The molecule has 0 aliphatic rings. The first-order chi connectivity index (χ1) is 12.2. The van der Waals surface area contributed by atoms with Crippen molar-refractivity contribution in [3.05, 3.63) is 71.3 Å². The largest absolute Gasteiger partial charge is 0.381 e. The maximum absolute atomic E-state index is 11.8. The highest BCUT2D eigenvalue weighted by molar-refractivity contribution is 7.99. The van der Waals surface area contributed by atoms with Gasteiger partial charge in [-0.3, -0.25) is 4.79 Å². The van der Waals surface area contributed by atoms with E-state index in [1.165, 1.54) is 16.7 Å². The highest BCUT2D eigenvalue weighted by atomic mass is 32.2. The van der Waals surface area contributed by atoms with Crippen molar-refractivity contribution in [2.75, 3.05) is 25.5 Å². The van der Waals surface area contributed by atoms with Crippen LogP contribution in [0.25, 0.3) is 0 Å². The number of carbonyl (C=O) groups is 1. The first-order valence-corrected chi connectivity index (χ1v) is 9.91. The zero-order valence-electron chi connectivity index (χ0n) is 14.9. The van der Waals surface area contributed by atoms with E-state index in [1.807, 2.05) is 18.2 Å². The van der Waals surface area contributed by atoms with Crippen LogP contribution in [0, 0.1) is 6.92 Å². The number of aryl methyl sites for hydroxylation is 1. The van der Waals surface area contributed by atoms with Gasteiger partial charge in [0.1, 0.15) is 0 Å². The molecule has 0 unspecified atom stereocenters. The Hall–Kier alpha value is -1.78. The molecule has 0 heterocycles. The van der Waals surface area contributed by atoms with E-state index in [0.29, 0.717) is 18.9 Å². The van der Waals surface area contributed by atoms with Gasteiger partial charge in [-0.05, 0) is 30.9 Å². The molecule has 1 amide bonds. The zero-order valence-corrected chi connectivity index (χ0v) is 15.7. The van der Waals surface area contributed by atoms with Gasteiger partial charge in [-0.15, -0.1) is 11.8 Å². The van der Waals surface area contributed by atoms with Gasteiger partial charge in [-0.25, -0.2) is 0 Å². The van der Waals surface area contributed by atoms with Gasteiger partial charge in [0.15, 0.2) is 0 Å². The number of carbonyl (C=O) groups excluding carboxylic acids is 1. The lowest BCUT2D eigenvalue weighted by atomic mass is 10.2. The Bertz CT molecular complexity index is 614. The molecular weight excluding hydrogens is 330 g/mol. The number of hydrogen-bond donors (Lipinski definition) is 1. The molecule has 0 saturated carbocycles. The summed E-state index contributed by atoms with van der Waals surface area (Å²) in [7, 11) is 0. The lowest BCUT2D eigenvalue weighted by molar-refractivity contribution is -0.118. The van der Waals surface area contributed by atoms with Crippen molar-refractivity contribution < 1.29 is 9.53 Å². The second kappa shape index (κ2) is 11.7. The van der Waals surface area contributed by atoms with E-state index in [9.17, 15) is 4.79 Å². The van der Waals surface area contributed by atoms with Gasteiger partial charge in [-0.2, -0.15) is 0 Å². The van der Waals surface area contributed by atoms with Crippen LogP contribution in [0.4, 0.5) is 0 Å². The van der Waals surface area contributed by atoms with Gasteiger partial charge < -0.3 is 10.1 Å². The number of hydrogen-bond acceptors (Lipinski definition) is 3. The topological polar surface area (TPSA) is 38.3 Å². The van der Waals surface area contributed by atoms with Crippen LogP contribution in [0.15, 0.2) is 54.6 Å². The molecule has 1 N–H and O–H groups in total. The molecular formula is C21H27NO2S. The molecule has 4 heteroatoms. The Morgan fingerprint density at radius 3 is 2.52 bits per heavy atom. The van der Waals surface area contributed by atoms with Gasteiger partial charge in [0.2, 0.25) is 5.91 Å². The number of benzene rings is 2. The predicted octanol–water partition coefficient (Wildman–Crippen LogP) is 3.99. The quantitative estimate of drug-likeness (QED) is 0.618. The molecule has 0 aliphatic carbocycles. The summed E-state index contributed by atoms with van der Waals surface area (Å²) >= 11 is 1.65. The minimum atomic E-state index is 0.0985. The molecule has 2 rings (SSSR count). The lowest BCUT2D eigenvalue weighted by Crippen LogP contribution is -2.27. The fourth-order valence-electron chi connectivity index (χ4n) is 2.34. The minimum Gasteiger partial charge on any atom is -0.381 e. The standard InChI is InChI=1S/C21H27NO2S/c1-18-8-10-20(11-9-18)16-25-17-21(23)22-13-5-14-24-15-12-19-6-3-2-4-7-19/h2-4,6-11H,5,12-17H2,1H3,(H,22,23). The summed E-state index contributed by atoms with van der Waals surface area (Å²) in [6.45, 7) is 4.17. The lowest BCUT2D eigenvalue weighted by Gasteiger charge is -2.07. The van der Waals surface area contributed by atoms with E-state index >= 15 is 0 Å². The highest BCUT2D eigenvalue weighted by Gasteiger charge is 2.01. The summed E-state index contributed by atoms with van der Waals surface area (Å²) in [5, 5.41) is 2.95. The van der Waals surface area contributed by atoms with Gasteiger partial charge in [0, 0.05) is 18.9 Å². The number of ether oxygens (including phenoxy) is 1. The molecule has 0 spiro atoms. The van der Waals surface area contributed by atoms with Crippen molar-refractivity contribution in [1.82, 2.24) is 5.32 Å². The average molecular weight is 358 g/mol. The fourth-order valence-corrected chi connectivity index (χ4v) is 3.15. The zero-order chi connectivity index (χ0) is 17.7. The predicted molar refractivity (Wildman–Crippen MR) is 106 cm³/mol. The van der Waals surface area contributed by atoms with Crippen LogP contribution in [-0.2, 0) is 21.7 Å². The van der Waals surface area contributed by atoms with E-state index in [-0.39, 0.29) is 5.91 Å². The summed E-state index contributed by atoms with van der Waals surface area (Å²) in [5.41, 5.74) is 3.81. The molecule has 25 heavy (non-hydrogen) atoms. The van der Waals surface area contributed by atoms with Crippen LogP contribution >= 0.6 is 11.8 Å². The molecule has 0 fully saturated rings. The Balaban J connectivity index is 1.43. The van der Waals surface area contributed by atoms with E-state index in [1.54, 1.807) is 11.8 Å². The molecule has 0 aliphatic heterocycles. The van der Waals surface area contributed by atoms with Crippen molar-refractivity contribution in [2.24, 2.45) is 0 Å². The van der Waals surface area contributed by atoms with E-state index in [2.05, 4.69) is 48.6 Å². The van der Waals surface area contributed by atoms with Crippen LogP contribution in [-0.4, -0.2) is 31.4 Å². The van der Waals surface area contributed by atoms with Gasteiger partial charge in [0.25, 0.3) is 0 Å². The van der Waals surface area contributed by atoms with Crippen LogP contribution in [0.1, 0.15) is 23.1 Å². The maximum Gasteiger partial charge on any atom is 0.230 e. The Morgan fingerprint density at radius 1 is 1.00 bits per heavy atom. The van der Waals surface area contributed by atoms with E-state index in [0.717, 1.165) is 25.2 Å². The number of nitrogens with one attached hydrogen (secondary N) is 1. The third-order valence-corrected chi connectivity index (χ3v) is 4.79. The monoisotopic (exact) mass is 357 g/mol. The van der Waals surface area contributed by atoms with Gasteiger partial charge in [-0.1, -0.05) is 60.2 Å². The smallest absolute Gasteiger partial charge is 0.230 e. The molecule has 0 radical (unpaired) electrons. The molecule has 2 aromatic rings. The molecule has 2 aromatic carbocycles. The van der Waals surface area contributed by atoms with Crippen molar-refractivity contribution >= 4 is 17.7 Å². The van der Waals surface area contributed by atoms with Gasteiger partial charge in [0.05, 0.1) is 12.4 Å². The highest BCUT2D eigenvalue weighted by Crippen LogP contribution is 2.12. The summed E-state index contributed by atoms with van der Waals surface area (Å²) in [6, 6.07) is 18.8. The Labute approximate surface area is 155 Å². The summed E-state index contributed by atoms with van der Waals surface area (Å²) in [5.74, 6) is 1.47.